The summed E-state index contributed by atoms with van der Waals surface area (Å²) in [4.78, 5) is 17.0. The summed E-state index contributed by atoms with van der Waals surface area (Å²) >= 11 is 1.22. The molecule has 32 heavy (non-hydrogen) atoms. The predicted octanol–water partition coefficient (Wildman–Crippen LogP) is 3.42. The van der Waals surface area contributed by atoms with Gasteiger partial charge in [-0.05, 0) is 48.9 Å². The summed E-state index contributed by atoms with van der Waals surface area (Å²) in [6.45, 7) is 2.66. The molecule has 11 heteroatoms. The second-order valence-corrected chi connectivity index (χ2v) is 9.49. The Hall–Kier alpha value is -3.02. The van der Waals surface area contributed by atoms with E-state index in [1.54, 1.807) is 18.4 Å². The molecule has 168 valence electrons. The van der Waals surface area contributed by atoms with E-state index in [0.29, 0.717) is 35.5 Å². The maximum Gasteiger partial charge on any atom is 0.244 e. The molecule has 1 aliphatic rings. The fourth-order valence-corrected chi connectivity index (χ4v) is 5.05. The van der Waals surface area contributed by atoms with Gasteiger partial charge in [0.2, 0.25) is 15.9 Å². The Kier molecular flexibility index (Phi) is 6.40. The first-order valence-corrected chi connectivity index (χ1v) is 12.2. The first-order chi connectivity index (χ1) is 15.4. The van der Waals surface area contributed by atoms with Gasteiger partial charge in [0.15, 0.2) is 16.6 Å². The molecule has 2 aromatic carbocycles. The van der Waals surface area contributed by atoms with Gasteiger partial charge in [-0.3, -0.25) is 4.79 Å². The first kappa shape index (κ1) is 22.2. The van der Waals surface area contributed by atoms with Crippen LogP contribution in [0.25, 0.3) is 11.3 Å². The number of nitrogens with one attached hydrogen (secondary N) is 2. The van der Waals surface area contributed by atoms with Gasteiger partial charge in [-0.2, -0.15) is 4.72 Å². The average molecular weight is 478 g/mol. The Labute approximate surface area is 188 Å². The van der Waals surface area contributed by atoms with E-state index in [4.69, 9.17) is 9.47 Å². The Morgan fingerprint density at radius 1 is 1.16 bits per heavy atom. The number of carbonyl (C=O) groups is 1. The second kappa shape index (κ2) is 9.23. The molecule has 1 atom stereocenters. The largest absolute Gasteiger partial charge is 0.486 e. The molecule has 0 spiro atoms. The molecule has 0 saturated heterocycles. The number of benzene rings is 2. The minimum atomic E-state index is -3.99. The highest BCUT2D eigenvalue weighted by Crippen LogP contribution is 2.35. The zero-order valence-corrected chi connectivity index (χ0v) is 18.6. The molecule has 0 saturated carbocycles. The Balaban J connectivity index is 1.45. The number of amides is 1. The Morgan fingerprint density at radius 2 is 1.88 bits per heavy atom. The minimum Gasteiger partial charge on any atom is -0.486 e. The van der Waals surface area contributed by atoms with Crippen molar-refractivity contribution in [2.45, 2.75) is 24.3 Å². The molecule has 1 unspecified atom stereocenters. The standard InChI is InChI=1S/C21H20FN3O5S2/c1-2-16(25-32(27,28)15-6-4-14(22)5-7-15)20(26)24-21-23-17(12-31-21)13-3-8-18-19(11-13)30-10-9-29-18/h3-8,11-12,16,25H,2,9-10H2,1H3,(H,23,24,26). The fraction of sp³-hybridized carbons (Fsp3) is 0.238. The Morgan fingerprint density at radius 3 is 2.59 bits per heavy atom. The number of sulfonamides is 1. The van der Waals surface area contributed by atoms with E-state index in [-0.39, 0.29) is 11.3 Å². The van der Waals surface area contributed by atoms with Gasteiger partial charge in [0.1, 0.15) is 25.1 Å². The SMILES string of the molecule is CCC(NS(=O)(=O)c1ccc(F)cc1)C(=O)Nc1nc(-c2ccc3c(c2)OCCO3)cs1. The minimum absolute atomic E-state index is 0.125. The van der Waals surface area contributed by atoms with Crippen LogP contribution in [0.1, 0.15) is 13.3 Å². The van der Waals surface area contributed by atoms with Crippen molar-refractivity contribution in [3.63, 3.8) is 0 Å². The molecule has 0 aliphatic carbocycles. The highest BCUT2D eigenvalue weighted by Gasteiger charge is 2.25. The maximum absolute atomic E-state index is 13.1. The number of rotatable bonds is 7. The number of carbonyl (C=O) groups excluding carboxylic acids is 1. The van der Waals surface area contributed by atoms with Gasteiger partial charge in [-0.15, -0.1) is 11.3 Å². The van der Waals surface area contributed by atoms with Gasteiger partial charge in [0.05, 0.1) is 10.6 Å². The Bertz CT molecular complexity index is 1230. The van der Waals surface area contributed by atoms with Crippen LogP contribution in [0, 0.1) is 5.82 Å². The van der Waals surface area contributed by atoms with Crippen molar-refractivity contribution >= 4 is 32.4 Å². The molecule has 4 rings (SSSR count). The van der Waals surface area contributed by atoms with Crippen LogP contribution in [0.15, 0.2) is 52.7 Å². The van der Waals surface area contributed by atoms with Gasteiger partial charge in [-0.1, -0.05) is 6.92 Å². The van der Waals surface area contributed by atoms with Gasteiger partial charge in [0, 0.05) is 10.9 Å². The van der Waals surface area contributed by atoms with E-state index in [0.717, 1.165) is 29.8 Å². The lowest BCUT2D eigenvalue weighted by Gasteiger charge is -2.18. The maximum atomic E-state index is 13.1. The molecule has 1 aromatic heterocycles. The van der Waals surface area contributed by atoms with Crippen molar-refractivity contribution in [2.24, 2.45) is 0 Å². The lowest BCUT2D eigenvalue weighted by Crippen LogP contribution is -2.43. The second-order valence-electron chi connectivity index (χ2n) is 6.92. The van der Waals surface area contributed by atoms with Crippen LogP contribution in [0.3, 0.4) is 0 Å². The third-order valence-electron chi connectivity index (χ3n) is 4.72. The van der Waals surface area contributed by atoms with Crippen molar-refractivity contribution in [1.29, 1.82) is 0 Å². The molecule has 1 amide bonds. The summed E-state index contributed by atoms with van der Waals surface area (Å²) in [5.74, 6) is 0.212. The third-order valence-corrected chi connectivity index (χ3v) is 6.96. The highest BCUT2D eigenvalue weighted by molar-refractivity contribution is 7.89. The van der Waals surface area contributed by atoms with E-state index in [2.05, 4.69) is 15.0 Å². The van der Waals surface area contributed by atoms with Crippen LogP contribution in [0.4, 0.5) is 9.52 Å². The number of anilines is 1. The van der Waals surface area contributed by atoms with Crippen LogP contribution in [-0.2, 0) is 14.8 Å². The number of hydrogen-bond donors (Lipinski definition) is 2. The quantitative estimate of drug-likeness (QED) is 0.540. The van der Waals surface area contributed by atoms with Gasteiger partial charge >= 0.3 is 0 Å². The van der Waals surface area contributed by atoms with Crippen LogP contribution in [0.5, 0.6) is 11.5 Å². The van der Waals surface area contributed by atoms with Crippen molar-refractivity contribution in [3.05, 3.63) is 53.7 Å². The lowest BCUT2D eigenvalue weighted by molar-refractivity contribution is -0.117. The summed E-state index contributed by atoms with van der Waals surface area (Å²) < 4.78 is 51.6. The first-order valence-electron chi connectivity index (χ1n) is 9.80. The van der Waals surface area contributed by atoms with E-state index in [9.17, 15) is 17.6 Å². The molecule has 2 N–H and O–H groups in total. The van der Waals surface area contributed by atoms with Crippen molar-refractivity contribution in [1.82, 2.24) is 9.71 Å². The molecule has 3 aromatic rings. The summed E-state index contributed by atoms with van der Waals surface area (Å²) in [5.41, 5.74) is 1.44. The number of halogens is 1. The molecular weight excluding hydrogens is 457 g/mol. The third kappa shape index (κ3) is 4.90. The van der Waals surface area contributed by atoms with Crippen molar-refractivity contribution in [3.8, 4) is 22.8 Å². The smallest absolute Gasteiger partial charge is 0.244 e. The lowest BCUT2D eigenvalue weighted by atomic mass is 10.1. The zero-order chi connectivity index (χ0) is 22.7. The van der Waals surface area contributed by atoms with E-state index in [1.165, 1.54) is 11.3 Å². The topological polar surface area (TPSA) is 107 Å². The number of fused-ring (bicyclic) bond motifs is 1. The van der Waals surface area contributed by atoms with Gasteiger partial charge in [0.25, 0.3) is 0 Å². The fourth-order valence-electron chi connectivity index (χ4n) is 3.05. The number of hydrogen-bond acceptors (Lipinski definition) is 7. The summed E-state index contributed by atoms with van der Waals surface area (Å²) in [7, 11) is -3.99. The van der Waals surface area contributed by atoms with Crippen LogP contribution in [0.2, 0.25) is 0 Å². The van der Waals surface area contributed by atoms with Crippen LogP contribution >= 0.6 is 11.3 Å². The van der Waals surface area contributed by atoms with E-state index >= 15 is 0 Å². The molecular formula is C21H20FN3O5S2. The van der Waals surface area contributed by atoms with Gasteiger partial charge < -0.3 is 14.8 Å². The number of ether oxygens (including phenoxy) is 2. The van der Waals surface area contributed by atoms with Crippen LogP contribution in [-0.4, -0.2) is 38.6 Å². The average Bonchev–Trinajstić information content (AvgIpc) is 3.26. The molecule has 2 heterocycles. The zero-order valence-electron chi connectivity index (χ0n) is 17.0. The van der Waals surface area contributed by atoms with E-state index in [1.807, 2.05) is 12.1 Å². The summed E-state index contributed by atoms with van der Waals surface area (Å²) in [6.07, 6.45) is 0.215. The van der Waals surface area contributed by atoms with Crippen LogP contribution < -0.4 is 19.5 Å². The monoisotopic (exact) mass is 477 g/mol. The van der Waals surface area contributed by atoms with Gasteiger partial charge in [-0.25, -0.2) is 17.8 Å². The normalized spacial score (nSPS) is 14.1. The van der Waals surface area contributed by atoms with Crippen molar-refractivity contribution in [2.75, 3.05) is 18.5 Å². The number of nitrogens with zero attached hydrogens (tertiary/aromatic N) is 1. The molecule has 0 bridgehead atoms. The number of thiazole rings is 1. The highest BCUT2D eigenvalue weighted by atomic mass is 32.2. The summed E-state index contributed by atoms with van der Waals surface area (Å²) in [5, 5.41) is 4.77. The molecule has 8 nitrogen and oxygen atoms in total. The predicted molar refractivity (Wildman–Crippen MR) is 118 cm³/mol. The molecule has 1 aliphatic heterocycles. The van der Waals surface area contributed by atoms with E-state index < -0.39 is 27.8 Å². The summed E-state index contributed by atoms with van der Waals surface area (Å²) in [6, 6.07) is 8.83. The number of aromatic nitrogens is 1. The molecule has 0 fully saturated rings. The molecule has 0 radical (unpaired) electrons. The van der Waals surface area contributed by atoms with Crippen molar-refractivity contribution < 1.29 is 27.1 Å².